The SMILES string of the molecule is Cl.O=C(N[C@@H]1CCCNC1)c1ccc(Cl)o1. The van der Waals surface area contributed by atoms with Crippen LogP contribution >= 0.6 is 24.0 Å². The number of carbonyl (C=O) groups excluding carboxylic acids is 1. The number of carbonyl (C=O) groups is 1. The van der Waals surface area contributed by atoms with Gasteiger partial charge in [-0.05, 0) is 43.1 Å². The zero-order valence-electron chi connectivity index (χ0n) is 8.66. The highest BCUT2D eigenvalue weighted by Gasteiger charge is 2.18. The molecule has 0 radical (unpaired) electrons. The van der Waals surface area contributed by atoms with Crippen LogP contribution in [0.2, 0.25) is 5.22 Å². The topological polar surface area (TPSA) is 54.3 Å². The summed E-state index contributed by atoms with van der Waals surface area (Å²) in [7, 11) is 0. The van der Waals surface area contributed by atoms with Crippen LogP contribution in [-0.4, -0.2) is 25.0 Å². The van der Waals surface area contributed by atoms with Crippen LogP contribution in [0.15, 0.2) is 16.5 Å². The van der Waals surface area contributed by atoms with Crippen molar-refractivity contribution in [2.45, 2.75) is 18.9 Å². The van der Waals surface area contributed by atoms with Crippen molar-refractivity contribution in [2.75, 3.05) is 13.1 Å². The average molecular weight is 265 g/mol. The van der Waals surface area contributed by atoms with Crippen molar-refractivity contribution in [1.29, 1.82) is 0 Å². The molecule has 0 bridgehead atoms. The van der Waals surface area contributed by atoms with E-state index < -0.39 is 0 Å². The van der Waals surface area contributed by atoms with Crippen LogP contribution in [0, 0.1) is 0 Å². The summed E-state index contributed by atoms with van der Waals surface area (Å²) in [5.41, 5.74) is 0. The van der Waals surface area contributed by atoms with Crippen molar-refractivity contribution in [3.05, 3.63) is 23.1 Å². The summed E-state index contributed by atoms with van der Waals surface area (Å²) in [6, 6.07) is 3.33. The van der Waals surface area contributed by atoms with E-state index in [9.17, 15) is 4.79 Å². The van der Waals surface area contributed by atoms with Crippen LogP contribution in [0.25, 0.3) is 0 Å². The Morgan fingerprint density at radius 2 is 2.38 bits per heavy atom. The standard InChI is InChI=1S/C10H13ClN2O2.ClH/c11-9-4-3-8(15-9)10(14)13-7-2-1-5-12-6-7;/h3-4,7,12H,1-2,5-6H2,(H,13,14);1H/t7-;/m1./s1. The van der Waals surface area contributed by atoms with Gasteiger partial charge in [-0.3, -0.25) is 4.79 Å². The Morgan fingerprint density at radius 1 is 1.56 bits per heavy atom. The van der Waals surface area contributed by atoms with E-state index in [1.807, 2.05) is 0 Å². The predicted octanol–water partition coefficient (Wildman–Crippen LogP) is 1.84. The highest BCUT2D eigenvalue weighted by Crippen LogP contribution is 2.13. The smallest absolute Gasteiger partial charge is 0.287 e. The Hall–Kier alpha value is -0.710. The third-order valence-electron chi connectivity index (χ3n) is 2.43. The maximum absolute atomic E-state index is 11.6. The molecule has 6 heteroatoms. The number of amides is 1. The van der Waals surface area contributed by atoms with Crippen LogP contribution in [0.1, 0.15) is 23.4 Å². The molecule has 0 aliphatic carbocycles. The minimum Gasteiger partial charge on any atom is -0.440 e. The first-order valence-corrected chi connectivity index (χ1v) is 5.40. The molecule has 2 N–H and O–H groups in total. The summed E-state index contributed by atoms with van der Waals surface area (Å²) >= 11 is 5.59. The van der Waals surface area contributed by atoms with Crippen molar-refractivity contribution in [2.24, 2.45) is 0 Å². The molecule has 0 saturated carbocycles. The number of rotatable bonds is 2. The number of furan rings is 1. The number of nitrogens with one attached hydrogen (secondary N) is 2. The van der Waals surface area contributed by atoms with E-state index in [4.69, 9.17) is 16.0 Å². The van der Waals surface area contributed by atoms with Gasteiger partial charge >= 0.3 is 0 Å². The molecular weight excluding hydrogens is 251 g/mol. The Kier molecular flexibility index (Phi) is 5.12. The maximum atomic E-state index is 11.6. The Balaban J connectivity index is 0.00000128. The third-order valence-corrected chi connectivity index (χ3v) is 2.63. The summed E-state index contributed by atoms with van der Waals surface area (Å²) < 4.78 is 5.02. The highest BCUT2D eigenvalue weighted by molar-refractivity contribution is 6.29. The van der Waals surface area contributed by atoms with Gasteiger partial charge in [-0.25, -0.2) is 0 Å². The Morgan fingerprint density at radius 3 is 2.94 bits per heavy atom. The molecule has 1 aliphatic rings. The van der Waals surface area contributed by atoms with Crippen molar-refractivity contribution < 1.29 is 9.21 Å². The van der Waals surface area contributed by atoms with Gasteiger partial charge in [0.1, 0.15) is 0 Å². The summed E-state index contributed by atoms with van der Waals surface area (Å²) in [6.07, 6.45) is 2.09. The molecule has 1 aromatic rings. The molecule has 90 valence electrons. The molecule has 1 aliphatic heterocycles. The molecule has 16 heavy (non-hydrogen) atoms. The second-order valence-corrected chi connectivity index (χ2v) is 3.99. The Labute approximate surface area is 105 Å². The van der Waals surface area contributed by atoms with Gasteiger partial charge in [0.2, 0.25) is 0 Å². The molecule has 1 atom stereocenters. The number of hydrogen-bond acceptors (Lipinski definition) is 3. The predicted molar refractivity (Wildman–Crippen MR) is 64.3 cm³/mol. The van der Waals surface area contributed by atoms with Crippen molar-refractivity contribution in [1.82, 2.24) is 10.6 Å². The molecule has 1 saturated heterocycles. The number of piperidine rings is 1. The van der Waals surface area contributed by atoms with Crippen LogP contribution in [0.4, 0.5) is 0 Å². The summed E-state index contributed by atoms with van der Waals surface area (Å²) in [6.45, 7) is 1.85. The van der Waals surface area contributed by atoms with Crippen LogP contribution in [-0.2, 0) is 0 Å². The first-order valence-electron chi connectivity index (χ1n) is 5.02. The van der Waals surface area contributed by atoms with E-state index in [0.717, 1.165) is 25.9 Å². The first-order chi connectivity index (χ1) is 7.25. The van der Waals surface area contributed by atoms with E-state index >= 15 is 0 Å². The van der Waals surface area contributed by atoms with Gasteiger partial charge in [0.15, 0.2) is 11.0 Å². The number of halogens is 2. The monoisotopic (exact) mass is 264 g/mol. The normalized spacial score (nSPS) is 19.9. The van der Waals surface area contributed by atoms with Gasteiger partial charge in [0, 0.05) is 12.6 Å². The third kappa shape index (κ3) is 3.40. The largest absolute Gasteiger partial charge is 0.440 e. The molecule has 1 aromatic heterocycles. The lowest BCUT2D eigenvalue weighted by Gasteiger charge is -2.23. The van der Waals surface area contributed by atoms with Crippen LogP contribution in [0.3, 0.4) is 0 Å². The first kappa shape index (κ1) is 13.4. The van der Waals surface area contributed by atoms with Crippen LogP contribution in [0.5, 0.6) is 0 Å². The number of hydrogen-bond donors (Lipinski definition) is 2. The zero-order valence-corrected chi connectivity index (χ0v) is 10.2. The summed E-state index contributed by atoms with van der Waals surface area (Å²) in [5, 5.41) is 6.36. The van der Waals surface area contributed by atoms with E-state index in [1.54, 1.807) is 12.1 Å². The van der Waals surface area contributed by atoms with E-state index in [0.29, 0.717) is 0 Å². The van der Waals surface area contributed by atoms with Crippen LogP contribution < -0.4 is 10.6 Å². The minimum absolute atomic E-state index is 0. The second kappa shape index (κ2) is 6.13. The van der Waals surface area contributed by atoms with Gasteiger partial charge in [0.05, 0.1) is 0 Å². The molecular formula is C10H14Cl2N2O2. The Bertz CT molecular complexity index is 348. The molecule has 1 amide bonds. The van der Waals surface area contributed by atoms with E-state index in [1.165, 1.54) is 0 Å². The molecule has 0 unspecified atom stereocenters. The van der Waals surface area contributed by atoms with Gasteiger partial charge in [-0.2, -0.15) is 0 Å². The molecule has 0 aromatic carbocycles. The molecule has 2 rings (SSSR count). The maximum Gasteiger partial charge on any atom is 0.287 e. The van der Waals surface area contributed by atoms with Gasteiger partial charge in [-0.1, -0.05) is 0 Å². The van der Waals surface area contributed by atoms with E-state index in [-0.39, 0.29) is 35.3 Å². The molecule has 0 spiro atoms. The lowest BCUT2D eigenvalue weighted by Crippen LogP contribution is -2.45. The molecule has 4 nitrogen and oxygen atoms in total. The van der Waals surface area contributed by atoms with Gasteiger partial charge in [-0.15, -0.1) is 12.4 Å². The van der Waals surface area contributed by atoms with Crippen molar-refractivity contribution in [3.8, 4) is 0 Å². The van der Waals surface area contributed by atoms with Gasteiger partial charge < -0.3 is 15.1 Å². The van der Waals surface area contributed by atoms with Gasteiger partial charge in [0.25, 0.3) is 5.91 Å². The quantitative estimate of drug-likeness (QED) is 0.857. The summed E-state index contributed by atoms with van der Waals surface area (Å²) in [5.74, 6) is 0.0705. The fourth-order valence-corrected chi connectivity index (χ4v) is 1.81. The lowest BCUT2D eigenvalue weighted by atomic mass is 10.1. The zero-order chi connectivity index (χ0) is 10.7. The van der Waals surface area contributed by atoms with E-state index in [2.05, 4.69) is 10.6 Å². The average Bonchev–Trinajstić information content (AvgIpc) is 2.66. The highest BCUT2D eigenvalue weighted by atomic mass is 35.5. The molecule has 2 heterocycles. The van der Waals surface area contributed by atoms with Crippen molar-refractivity contribution in [3.63, 3.8) is 0 Å². The fourth-order valence-electron chi connectivity index (χ4n) is 1.67. The van der Waals surface area contributed by atoms with Crippen molar-refractivity contribution >= 4 is 29.9 Å². The lowest BCUT2D eigenvalue weighted by molar-refractivity contribution is 0.0902. The fraction of sp³-hybridized carbons (Fsp3) is 0.500. The second-order valence-electron chi connectivity index (χ2n) is 3.62. The minimum atomic E-state index is -0.199. The molecule has 1 fully saturated rings. The summed E-state index contributed by atoms with van der Waals surface area (Å²) in [4.78, 5) is 11.6.